The largest absolute Gasteiger partial charge is 0.481 e. The van der Waals surface area contributed by atoms with Gasteiger partial charge in [0.2, 0.25) is 0 Å². The van der Waals surface area contributed by atoms with E-state index in [2.05, 4.69) is 16.2 Å². The number of hydrazine groups is 1. The quantitative estimate of drug-likeness (QED) is 0.414. The van der Waals surface area contributed by atoms with Gasteiger partial charge in [0, 0.05) is 18.1 Å². The number of carboxylic acid groups (broad SMARTS) is 1. The third-order valence-corrected chi connectivity index (χ3v) is 2.55. The number of aliphatic carboxylic acids is 1. The maximum Gasteiger partial charge on any atom is 0.305 e. The Morgan fingerprint density at radius 2 is 2.33 bits per heavy atom. The molecule has 0 bridgehead atoms. The van der Waals surface area contributed by atoms with E-state index in [4.69, 9.17) is 5.11 Å². The minimum atomic E-state index is -0.747. The SMILES string of the molecule is O=C(O)CC1NNC2CCNC21. The van der Waals surface area contributed by atoms with Crippen LogP contribution in [0.3, 0.4) is 0 Å². The summed E-state index contributed by atoms with van der Waals surface area (Å²) in [6.07, 6.45) is 1.26. The van der Waals surface area contributed by atoms with Crippen LogP contribution in [0.5, 0.6) is 0 Å². The first-order valence-electron chi connectivity index (χ1n) is 4.23. The van der Waals surface area contributed by atoms with Crippen molar-refractivity contribution in [3.05, 3.63) is 0 Å². The molecule has 3 atom stereocenters. The molecule has 2 heterocycles. The minimum absolute atomic E-state index is 0.0370. The van der Waals surface area contributed by atoms with Crippen molar-refractivity contribution in [3.63, 3.8) is 0 Å². The fraction of sp³-hybridized carbons (Fsp3) is 0.857. The Hall–Kier alpha value is -0.650. The van der Waals surface area contributed by atoms with Gasteiger partial charge in [0.1, 0.15) is 0 Å². The molecule has 12 heavy (non-hydrogen) atoms. The molecule has 0 amide bonds. The van der Waals surface area contributed by atoms with Crippen LogP contribution in [0.1, 0.15) is 12.8 Å². The van der Waals surface area contributed by atoms with Gasteiger partial charge in [-0.3, -0.25) is 15.6 Å². The van der Waals surface area contributed by atoms with E-state index in [9.17, 15) is 4.79 Å². The number of carbonyl (C=O) groups is 1. The van der Waals surface area contributed by atoms with E-state index in [-0.39, 0.29) is 12.5 Å². The smallest absolute Gasteiger partial charge is 0.305 e. The highest BCUT2D eigenvalue weighted by atomic mass is 16.4. The Bertz CT molecular complexity index is 197. The first-order valence-corrected chi connectivity index (χ1v) is 4.23. The molecule has 2 aliphatic heterocycles. The average Bonchev–Trinajstić information content (AvgIpc) is 2.52. The second-order valence-electron chi connectivity index (χ2n) is 3.37. The van der Waals surface area contributed by atoms with Crippen LogP contribution in [0.4, 0.5) is 0 Å². The molecule has 2 fully saturated rings. The maximum absolute atomic E-state index is 10.4. The number of carboxylic acids is 1. The van der Waals surface area contributed by atoms with Gasteiger partial charge in [-0.1, -0.05) is 0 Å². The molecule has 0 spiro atoms. The lowest BCUT2D eigenvalue weighted by molar-refractivity contribution is -0.137. The summed E-state index contributed by atoms with van der Waals surface area (Å²) >= 11 is 0. The van der Waals surface area contributed by atoms with Crippen LogP contribution in [0.15, 0.2) is 0 Å². The number of rotatable bonds is 2. The molecule has 5 nitrogen and oxygen atoms in total. The number of hydrogen-bond acceptors (Lipinski definition) is 4. The minimum Gasteiger partial charge on any atom is -0.481 e. The van der Waals surface area contributed by atoms with Crippen molar-refractivity contribution in [3.8, 4) is 0 Å². The van der Waals surface area contributed by atoms with Gasteiger partial charge in [-0.2, -0.15) is 0 Å². The lowest BCUT2D eigenvalue weighted by Crippen LogP contribution is -2.41. The Morgan fingerprint density at radius 1 is 1.50 bits per heavy atom. The predicted molar refractivity (Wildman–Crippen MR) is 42.5 cm³/mol. The Kier molecular flexibility index (Phi) is 2.00. The van der Waals surface area contributed by atoms with Crippen molar-refractivity contribution < 1.29 is 9.90 Å². The molecule has 0 aromatic heterocycles. The number of fused-ring (bicyclic) bond motifs is 1. The van der Waals surface area contributed by atoms with E-state index in [1.54, 1.807) is 0 Å². The van der Waals surface area contributed by atoms with Crippen LogP contribution in [0.25, 0.3) is 0 Å². The van der Waals surface area contributed by atoms with E-state index in [0.29, 0.717) is 12.1 Å². The van der Waals surface area contributed by atoms with Crippen LogP contribution in [-0.4, -0.2) is 35.7 Å². The van der Waals surface area contributed by atoms with Crippen molar-refractivity contribution in [1.82, 2.24) is 16.2 Å². The standard InChI is InChI=1S/C7H13N3O2/c11-6(12)3-5-7-4(9-10-5)1-2-8-7/h4-5,7-10H,1-3H2,(H,11,12). The molecule has 5 heteroatoms. The highest BCUT2D eigenvalue weighted by Gasteiger charge is 2.39. The van der Waals surface area contributed by atoms with E-state index in [1.165, 1.54) is 0 Å². The molecule has 68 valence electrons. The van der Waals surface area contributed by atoms with Crippen molar-refractivity contribution in [1.29, 1.82) is 0 Å². The monoisotopic (exact) mass is 171 g/mol. The summed E-state index contributed by atoms with van der Waals surface area (Å²) in [6, 6.07) is 0.741. The van der Waals surface area contributed by atoms with Gasteiger partial charge in [-0.05, 0) is 13.0 Å². The molecule has 0 saturated carbocycles. The molecule has 3 unspecified atom stereocenters. The van der Waals surface area contributed by atoms with Gasteiger partial charge in [0.15, 0.2) is 0 Å². The second kappa shape index (κ2) is 3.01. The maximum atomic E-state index is 10.4. The van der Waals surface area contributed by atoms with Gasteiger partial charge >= 0.3 is 5.97 Å². The lowest BCUT2D eigenvalue weighted by atomic mass is 10.0. The van der Waals surface area contributed by atoms with Crippen LogP contribution in [0.2, 0.25) is 0 Å². The third kappa shape index (κ3) is 1.31. The normalized spacial score (nSPS) is 39.8. The van der Waals surface area contributed by atoms with E-state index >= 15 is 0 Å². The zero-order valence-electron chi connectivity index (χ0n) is 6.71. The Morgan fingerprint density at radius 3 is 3.08 bits per heavy atom. The van der Waals surface area contributed by atoms with Crippen LogP contribution >= 0.6 is 0 Å². The molecular formula is C7H13N3O2. The van der Waals surface area contributed by atoms with Crippen molar-refractivity contribution in [2.24, 2.45) is 0 Å². The highest BCUT2D eigenvalue weighted by molar-refractivity contribution is 5.67. The summed E-state index contributed by atoms with van der Waals surface area (Å²) in [5.41, 5.74) is 6.09. The Labute approximate surface area is 70.5 Å². The lowest BCUT2D eigenvalue weighted by Gasteiger charge is -2.14. The topological polar surface area (TPSA) is 73.4 Å². The van der Waals surface area contributed by atoms with Crippen molar-refractivity contribution >= 4 is 5.97 Å². The molecule has 0 aliphatic carbocycles. The molecule has 2 saturated heterocycles. The fourth-order valence-corrected chi connectivity index (χ4v) is 1.98. The van der Waals surface area contributed by atoms with Crippen LogP contribution in [0, 0.1) is 0 Å². The van der Waals surface area contributed by atoms with E-state index in [0.717, 1.165) is 13.0 Å². The number of hydrogen-bond donors (Lipinski definition) is 4. The zero-order chi connectivity index (χ0) is 8.55. The highest BCUT2D eigenvalue weighted by Crippen LogP contribution is 2.16. The van der Waals surface area contributed by atoms with Gasteiger partial charge in [-0.15, -0.1) is 0 Å². The number of nitrogens with one attached hydrogen (secondary N) is 3. The van der Waals surface area contributed by atoms with Crippen molar-refractivity contribution in [2.45, 2.75) is 31.0 Å². The zero-order valence-corrected chi connectivity index (χ0v) is 6.71. The first-order chi connectivity index (χ1) is 5.77. The molecule has 0 radical (unpaired) electrons. The van der Waals surface area contributed by atoms with E-state index < -0.39 is 5.97 Å². The summed E-state index contributed by atoms with van der Waals surface area (Å²) in [5, 5.41) is 11.9. The van der Waals surface area contributed by atoms with E-state index in [1.807, 2.05) is 0 Å². The second-order valence-corrected chi connectivity index (χ2v) is 3.37. The fourth-order valence-electron chi connectivity index (χ4n) is 1.98. The average molecular weight is 171 g/mol. The van der Waals surface area contributed by atoms with Crippen LogP contribution < -0.4 is 16.2 Å². The summed E-state index contributed by atoms with van der Waals surface area (Å²) in [6.45, 7) is 0.986. The van der Waals surface area contributed by atoms with Crippen LogP contribution in [-0.2, 0) is 4.79 Å². The van der Waals surface area contributed by atoms with Gasteiger partial charge < -0.3 is 10.4 Å². The van der Waals surface area contributed by atoms with Gasteiger partial charge in [0.05, 0.1) is 6.42 Å². The molecule has 4 N–H and O–H groups in total. The molecule has 0 aromatic rings. The molecule has 0 aromatic carbocycles. The van der Waals surface area contributed by atoms with Gasteiger partial charge in [-0.25, -0.2) is 0 Å². The summed E-state index contributed by atoms with van der Waals surface area (Å²) < 4.78 is 0. The third-order valence-electron chi connectivity index (χ3n) is 2.55. The Balaban J connectivity index is 1.95. The summed E-state index contributed by atoms with van der Waals surface area (Å²) in [7, 11) is 0. The molecular weight excluding hydrogens is 158 g/mol. The predicted octanol–water partition coefficient (Wildman–Crippen LogP) is -1.33. The summed E-state index contributed by atoms with van der Waals surface area (Å²) in [4.78, 5) is 10.4. The first kappa shape index (κ1) is 7.97. The van der Waals surface area contributed by atoms with Crippen molar-refractivity contribution in [2.75, 3.05) is 6.54 Å². The summed E-state index contributed by atoms with van der Waals surface area (Å²) in [5.74, 6) is -0.747. The molecule has 2 aliphatic rings. The molecule has 2 rings (SSSR count). The van der Waals surface area contributed by atoms with Gasteiger partial charge in [0.25, 0.3) is 0 Å².